The fourth-order valence-electron chi connectivity index (χ4n) is 2.65. The van der Waals surface area contributed by atoms with Crippen LogP contribution in [0, 0.1) is 0 Å². The van der Waals surface area contributed by atoms with E-state index in [0.29, 0.717) is 6.04 Å². The predicted molar refractivity (Wildman–Crippen MR) is 89.5 cm³/mol. The lowest BCUT2D eigenvalue weighted by molar-refractivity contribution is 0.263. The van der Waals surface area contributed by atoms with E-state index >= 15 is 0 Å². The molecule has 4 heteroatoms. The van der Waals surface area contributed by atoms with E-state index in [1.54, 1.807) is 0 Å². The second-order valence-corrected chi connectivity index (χ2v) is 6.31. The molecule has 1 aromatic heterocycles. The summed E-state index contributed by atoms with van der Waals surface area (Å²) in [4.78, 5) is 0. The van der Waals surface area contributed by atoms with Crippen LogP contribution in [0.3, 0.4) is 0 Å². The van der Waals surface area contributed by atoms with Gasteiger partial charge in [-0.1, -0.05) is 41.9 Å². The fourth-order valence-corrected chi connectivity index (χ4v) is 3.07. The molecule has 0 aliphatic heterocycles. The molecule has 0 amide bonds. The average molecular weight is 351 g/mol. The molecule has 21 heavy (non-hydrogen) atoms. The van der Waals surface area contributed by atoms with Crippen molar-refractivity contribution in [2.24, 2.45) is 0 Å². The Kier molecular flexibility index (Phi) is 6.00. The Hall–Kier alpha value is -1.13. The van der Waals surface area contributed by atoms with Crippen molar-refractivity contribution in [3.63, 3.8) is 0 Å². The Balaban J connectivity index is 2.12. The van der Waals surface area contributed by atoms with Crippen LogP contribution >= 0.6 is 15.9 Å². The van der Waals surface area contributed by atoms with Gasteiger partial charge in [-0.3, -0.25) is 4.68 Å². The molecule has 0 radical (unpaired) electrons. The van der Waals surface area contributed by atoms with Crippen molar-refractivity contribution in [3.05, 3.63) is 52.3 Å². The quantitative estimate of drug-likeness (QED) is 0.807. The zero-order valence-corrected chi connectivity index (χ0v) is 14.3. The largest absolute Gasteiger partial charge is 0.396 e. The molecule has 1 aromatic carbocycles. The van der Waals surface area contributed by atoms with Crippen LogP contribution in [0.4, 0.5) is 0 Å². The SMILES string of the molecule is CCC(CC)n1ccc(CC(CO)c2cccc(Br)c2)n1. The molecular formula is C17H23BrN2O. The second-order valence-electron chi connectivity index (χ2n) is 5.40. The van der Waals surface area contributed by atoms with Crippen LogP contribution in [-0.4, -0.2) is 21.5 Å². The maximum Gasteiger partial charge on any atom is 0.0631 e. The molecular weight excluding hydrogens is 328 g/mol. The van der Waals surface area contributed by atoms with E-state index in [9.17, 15) is 5.11 Å². The van der Waals surface area contributed by atoms with Crippen molar-refractivity contribution in [1.29, 1.82) is 0 Å². The van der Waals surface area contributed by atoms with Gasteiger partial charge in [-0.15, -0.1) is 0 Å². The highest BCUT2D eigenvalue weighted by molar-refractivity contribution is 9.10. The number of hydrogen-bond donors (Lipinski definition) is 1. The summed E-state index contributed by atoms with van der Waals surface area (Å²) in [5.41, 5.74) is 2.19. The summed E-state index contributed by atoms with van der Waals surface area (Å²) in [6.45, 7) is 4.51. The normalized spacial score (nSPS) is 12.8. The van der Waals surface area contributed by atoms with E-state index < -0.39 is 0 Å². The first-order chi connectivity index (χ1) is 10.2. The van der Waals surface area contributed by atoms with Gasteiger partial charge in [0.1, 0.15) is 0 Å². The van der Waals surface area contributed by atoms with Crippen LogP contribution < -0.4 is 0 Å². The van der Waals surface area contributed by atoms with E-state index in [2.05, 4.69) is 64.0 Å². The Bertz CT molecular complexity index is 563. The smallest absolute Gasteiger partial charge is 0.0631 e. The van der Waals surface area contributed by atoms with Crippen molar-refractivity contribution in [2.45, 2.75) is 45.1 Å². The summed E-state index contributed by atoms with van der Waals surface area (Å²) in [6, 6.07) is 10.7. The number of benzene rings is 1. The lowest BCUT2D eigenvalue weighted by atomic mass is 9.95. The van der Waals surface area contributed by atoms with Gasteiger partial charge < -0.3 is 5.11 Å². The van der Waals surface area contributed by atoms with Gasteiger partial charge in [-0.2, -0.15) is 5.10 Å². The summed E-state index contributed by atoms with van der Waals surface area (Å²) in [5, 5.41) is 14.4. The van der Waals surface area contributed by atoms with Crippen molar-refractivity contribution < 1.29 is 5.11 Å². The Labute approximate surface area is 135 Å². The molecule has 0 bridgehead atoms. The summed E-state index contributed by atoms with van der Waals surface area (Å²) < 4.78 is 3.10. The van der Waals surface area contributed by atoms with Crippen LogP contribution in [0.15, 0.2) is 41.0 Å². The Morgan fingerprint density at radius 1 is 1.24 bits per heavy atom. The maximum absolute atomic E-state index is 9.69. The number of aliphatic hydroxyl groups excluding tert-OH is 1. The third-order valence-electron chi connectivity index (χ3n) is 3.98. The van der Waals surface area contributed by atoms with E-state index in [-0.39, 0.29) is 12.5 Å². The molecule has 1 N–H and O–H groups in total. The summed E-state index contributed by atoms with van der Waals surface area (Å²) >= 11 is 3.49. The van der Waals surface area contributed by atoms with E-state index in [0.717, 1.165) is 35.0 Å². The van der Waals surface area contributed by atoms with Crippen molar-refractivity contribution in [1.82, 2.24) is 9.78 Å². The number of nitrogens with zero attached hydrogens (tertiary/aromatic N) is 2. The van der Waals surface area contributed by atoms with Crippen molar-refractivity contribution >= 4 is 15.9 Å². The zero-order valence-electron chi connectivity index (χ0n) is 12.7. The number of hydrogen-bond acceptors (Lipinski definition) is 2. The summed E-state index contributed by atoms with van der Waals surface area (Å²) in [6.07, 6.45) is 5.00. The predicted octanol–water partition coefficient (Wildman–Crippen LogP) is 4.33. The molecule has 0 saturated heterocycles. The topological polar surface area (TPSA) is 38.0 Å². The van der Waals surface area contributed by atoms with Crippen LogP contribution in [-0.2, 0) is 6.42 Å². The molecule has 1 heterocycles. The van der Waals surface area contributed by atoms with Gasteiger partial charge >= 0.3 is 0 Å². The fraction of sp³-hybridized carbons (Fsp3) is 0.471. The number of aromatic nitrogens is 2. The van der Waals surface area contributed by atoms with E-state index in [4.69, 9.17) is 0 Å². The van der Waals surface area contributed by atoms with Gasteiger partial charge in [0, 0.05) is 23.0 Å². The first-order valence-corrected chi connectivity index (χ1v) is 8.37. The van der Waals surface area contributed by atoms with Gasteiger partial charge in [-0.25, -0.2) is 0 Å². The second kappa shape index (κ2) is 7.76. The van der Waals surface area contributed by atoms with Crippen LogP contribution in [0.2, 0.25) is 0 Å². The summed E-state index contributed by atoms with van der Waals surface area (Å²) in [7, 11) is 0. The minimum absolute atomic E-state index is 0.0903. The lowest BCUT2D eigenvalue weighted by Crippen LogP contribution is -2.11. The third kappa shape index (κ3) is 4.17. The Morgan fingerprint density at radius 2 is 2.00 bits per heavy atom. The highest BCUT2D eigenvalue weighted by Gasteiger charge is 2.15. The molecule has 114 valence electrons. The molecule has 3 nitrogen and oxygen atoms in total. The molecule has 0 aliphatic rings. The molecule has 0 spiro atoms. The van der Waals surface area contributed by atoms with Gasteiger partial charge in [0.25, 0.3) is 0 Å². The molecule has 1 atom stereocenters. The molecule has 0 aliphatic carbocycles. The van der Waals surface area contributed by atoms with Gasteiger partial charge in [0.2, 0.25) is 0 Å². The number of rotatable bonds is 7. The monoisotopic (exact) mass is 350 g/mol. The van der Waals surface area contributed by atoms with Crippen molar-refractivity contribution in [3.8, 4) is 0 Å². The number of halogens is 1. The molecule has 2 rings (SSSR count). The van der Waals surface area contributed by atoms with Crippen LogP contribution in [0.1, 0.15) is 49.9 Å². The standard InChI is InChI=1S/C17H23BrN2O/c1-3-17(4-2)20-9-8-16(19-20)11-14(12-21)13-6-5-7-15(18)10-13/h5-10,14,17,21H,3-4,11-12H2,1-2H3. The molecule has 1 unspecified atom stereocenters. The molecule has 2 aromatic rings. The highest BCUT2D eigenvalue weighted by Crippen LogP contribution is 2.23. The van der Waals surface area contributed by atoms with E-state index in [1.807, 2.05) is 12.1 Å². The van der Waals surface area contributed by atoms with E-state index in [1.165, 1.54) is 0 Å². The average Bonchev–Trinajstić information content (AvgIpc) is 2.94. The number of aliphatic hydroxyl groups is 1. The molecule has 0 saturated carbocycles. The third-order valence-corrected chi connectivity index (χ3v) is 4.47. The first kappa shape index (κ1) is 16.2. The highest BCUT2D eigenvalue weighted by atomic mass is 79.9. The van der Waals surface area contributed by atoms with Crippen LogP contribution in [0.25, 0.3) is 0 Å². The zero-order chi connectivity index (χ0) is 15.2. The van der Waals surface area contributed by atoms with Crippen LogP contribution in [0.5, 0.6) is 0 Å². The minimum Gasteiger partial charge on any atom is -0.396 e. The van der Waals surface area contributed by atoms with Gasteiger partial charge in [0.15, 0.2) is 0 Å². The van der Waals surface area contributed by atoms with Gasteiger partial charge in [-0.05, 0) is 36.6 Å². The first-order valence-electron chi connectivity index (χ1n) is 7.58. The summed E-state index contributed by atoms with van der Waals surface area (Å²) in [5.74, 6) is 0.0903. The maximum atomic E-state index is 9.69. The van der Waals surface area contributed by atoms with Crippen molar-refractivity contribution in [2.75, 3.05) is 6.61 Å². The minimum atomic E-state index is 0.0903. The molecule has 0 fully saturated rings. The van der Waals surface area contributed by atoms with Gasteiger partial charge in [0.05, 0.1) is 18.3 Å². The Morgan fingerprint density at radius 3 is 2.62 bits per heavy atom. The lowest BCUT2D eigenvalue weighted by Gasteiger charge is -2.15.